The second-order valence-electron chi connectivity index (χ2n) is 6.80. The van der Waals surface area contributed by atoms with Gasteiger partial charge >= 0.3 is 5.97 Å². The zero-order valence-corrected chi connectivity index (χ0v) is 15.4. The third-order valence-electron chi connectivity index (χ3n) is 5.34. The summed E-state index contributed by atoms with van der Waals surface area (Å²) in [6, 6.07) is 7.49. The minimum Gasteiger partial charge on any atom is -0.481 e. The highest BCUT2D eigenvalue weighted by molar-refractivity contribution is 7.98. The van der Waals surface area contributed by atoms with Crippen LogP contribution in [0.4, 0.5) is 0 Å². The van der Waals surface area contributed by atoms with E-state index in [4.69, 9.17) is 4.74 Å². The number of carbonyl (C=O) groups excluding carboxylic acids is 1. The van der Waals surface area contributed by atoms with Crippen LogP contribution in [0, 0.1) is 11.3 Å². The van der Waals surface area contributed by atoms with Crippen LogP contribution >= 0.6 is 11.8 Å². The SMILES string of the molecule is COCCN1C[C@@H]2CN(C(=O)c3ccc(SC)cc3)C[C@]2(C(=O)O)C1. The molecule has 6 nitrogen and oxygen atoms in total. The van der Waals surface area contributed by atoms with E-state index in [0.717, 1.165) is 11.4 Å². The molecule has 25 heavy (non-hydrogen) atoms. The number of aliphatic carboxylic acids is 1. The van der Waals surface area contributed by atoms with Gasteiger partial charge in [-0.25, -0.2) is 0 Å². The van der Waals surface area contributed by atoms with Crippen LogP contribution in [0.3, 0.4) is 0 Å². The molecule has 2 saturated heterocycles. The Labute approximate surface area is 152 Å². The number of nitrogens with zero attached hydrogens (tertiary/aromatic N) is 2. The molecule has 0 aliphatic carbocycles. The molecule has 3 rings (SSSR count). The Hall–Kier alpha value is -1.57. The first kappa shape index (κ1) is 18.2. The molecule has 2 aliphatic rings. The van der Waals surface area contributed by atoms with Gasteiger partial charge in [0.05, 0.1) is 6.61 Å². The highest BCUT2D eigenvalue weighted by Gasteiger charge is 2.58. The van der Waals surface area contributed by atoms with Crippen molar-refractivity contribution in [1.82, 2.24) is 9.80 Å². The summed E-state index contributed by atoms with van der Waals surface area (Å²) in [5, 5.41) is 9.86. The van der Waals surface area contributed by atoms with Crippen LogP contribution in [0.1, 0.15) is 10.4 Å². The number of carboxylic acids is 1. The molecule has 0 aromatic heterocycles. The number of hydrogen-bond donors (Lipinski definition) is 1. The average molecular weight is 364 g/mol. The van der Waals surface area contributed by atoms with Crippen molar-refractivity contribution in [2.45, 2.75) is 4.90 Å². The molecular formula is C18H24N2O4S. The Bertz CT molecular complexity index is 651. The summed E-state index contributed by atoms with van der Waals surface area (Å²) in [4.78, 5) is 29.8. The lowest BCUT2D eigenvalue weighted by Crippen LogP contribution is -2.42. The second-order valence-corrected chi connectivity index (χ2v) is 7.68. The zero-order valence-electron chi connectivity index (χ0n) is 14.6. The molecule has 1 N–H and O–H groups in total. The van der Waals surface area contributed by atoms with Crippen molar-refractivity contribution in [2.24, 2.45) is 11.3 Å². The maximum absolute atomic E-state index is 12.8. The van der Waals surface area contributed by atoms with Crippen LogP contribution in [0.25, 0.3) is 0 Å². The molecule has 7 heteroatoms. The van der Waals surface area contributed by atoms with Crippen molar-refractivity contribution >= 4 is 23.6 Å². The molecule has 0 spiro atoms. The number of carboxylic acid groups (broad SMARTS) is 1. The number of amides is 1. The highest BCUT2D eigenvalue weighted by atomic mass is 32.2. The average Bonchev–Trinajstić information content (AvgIpc) is 3.14. The largest absolute Gasteiger partial charge is 0.481 e. The Kier molecular flexibility index (Phi) is 5.36. The number of fused-ring (bicyclic) bond motifs is 1. The van der Waals surface area contributed by atoms with E-state index in [9.17, 15) is 14.7 Å². The summed E-state index contributed by atoms with van der Waals surface area (Å²) in [7, 11) is 1.65. The Balaban J connectivity index is 1.73. The van der Waals surface area contributed by atoms with E-state index in [1.165, 1.54) is 0 Å². The van der Waals surface area contributed by atoms with Gasteiger partial charge in [-0.2, -0.15) is 0 Å². The Morgan fingerprint density at radius 1 is 1.28 bits per heavy atom. The molecule has 2 aliphatic heterocycles. The van der Waals surface area contributed by atoms with Crippen LogP contribution in [0.5, 0.6) is 0 Å². The standard InChI is InChI=1S/C18H24N2O4S/c1-24-8-7-19-9-14-10-20(12-18(14,11-19)17(22)23)16(21)13-3-5-15(25-2)6-4-13/h3-6,14H,7-12H2,1-2H3,(H,22,23)/t14-,18-/m1/s1. The number of ether oxygens (including phenoxy) is 1. The van der Waals surface area contributed by atoms with Crippen molar-refractivity contribution in [3.05, 3.63) is 29.8 Å². The van der Waals surface area contributed by atoms with E-state index in [2.05, 4.69) is 4.90 Å². The van der Waals surface area contributed by atoms with Gasteiger partial charge in [0.2, 0.25) is 0 Å². The maximum Gasteiger partial charge on any atom is 0.313 e. The minimum atomic E-state index is -0.859. The quantitative estimate of drug-likeness (QED) is 0.772. The van der Waals surface area contributed by atoms with Crippen molar-refractivity contribution in [2.75, 3.05) is 52.7 Å². The number of rotatable bonds is 6. The lowest BCUT2D eigenvalue weighted by Gasteiger charge is -2.25. The van der Waals surface area contributed by atoms with Crippen molar-refractivity contribution in [3.63, 3.8) is 0 Å². The molecule has 2 heterocycles. The smallest absolute Gasteiger partial charge is 0.313 e. The van der Waals surface area contributed by atoms with Crippen LogP contribution in [-0.2, 0) is 9.53 Å². The van der Waals surface area contributed by atoms with Crippen molar-refractivity contribution in [3.8, 4) is 0 Å². The topological polar surface area (TPSA) is 70.1 Å². The summed E-state index contributed by atoms with van der Waals surface area (Å²) in [6.45, 7) is 3.27. The molecule has 1 amide bonds. The lowest BCUT2D eigenvalue weighted by atomic mass is 9.81. The van der Waals surface area contributed by atoms with Crippen LogP contribution in [-0.4, -0.2) is 79.5 Å². The number of thioether (sulfide) groups is 1. The minimum absolute atomic E-state index is 0.0312. The third-order valence-corrected chi connectivity index (χ3v) is 6.08. The fourth-order valence-corrected chi connectivity index (χ4v) is 4.34. The first-order valence-electron chi connectivity index (χ1n) is 8.38. The van der Waals surface area contributed by atoms with E-state index < -0.39 is 11.4 Å². The lowest BCUT2D eigenvalue weighted by molar-refractivity contribution is -0.148. The number of benzene rings is 1. The molecule has 0 saturated carbocycles. The van der Waals surface area contributed by atoms with E-state index in [1.54, 1.807) is 23.8 Å². The molecule has 0 radical (unpaired) electrons. The number of hydrogen-bond acceptors (Lipinski definition) is 5. The molecular weight excluding hydrogens is 340 g/mol. The van der Waals surface area contributed by atoms with E-state index in [1.807, 2.05) is 30.5 Å². The predicted octanol–water partition coefficient (Wildman–Crippen LogP) is 1.51. The van der Waals surface area contributed by atoms with Gasteiger partial charge in [-0.15, -0.1) is 11.8 Å². The number of likely N-dealkylation sites (tertiary alicyclic amines) is 2. The number of methoxy groups -OCH3 is 1. The maximum atomic E-state index is 12.8. The van der Waals surface area contributed by atoms with Crippen LogP contribution < -0.4 is 0 Å². The summed E-state index contributed by atoms with van der Waals surface area (Å²) in [6.07, 6.45) is 1.99. The molecule has 1 aromatic rings. The van der Waals surface area contributed by atoms with Gasteiger partial charge in [0.1, 0.15) is 5.41 Å². The summed E-state index contributed by atoms with van der Waals surface area (Å²) >= 11 is 1.63. The fraction of sp³-hybridized carbons (Fsp3) is 0.556. The van der Waals surface area contributed by atoms with E-state index >= 15 is 0 Å². The van der Waals surface area contributed by atoms with E-state index in [0.29, 0.717) is 31.8 Å². The van der Waals surface area contributed by atoms with Gasteiger partial charge in [0, 0.05) is 56.2 Å². The third kappa shape index (κ3) is 3.41. The second kappa shape index (κ2) is 7.35. The van der Waals surface area contributed by atoms with Crippen molar-refractivity contribution < 1.29 is 19.4 Å². The molecule has 0 unspecified atom stereocenters. The van der Waals surface area contributed by atoms with Gasteiger partial charge in [-0.3, -0.25) is 14.5 Å². The molecule has 2 atom stereocenters. The van der Waals surface area contributed by atoms with Gasteiger partial charge in [-0.1, -0.05) is 0 Å². The fourth-order valence-electron chi connectivity index (χ4n) is 3.93. The van der Waals surface area contributed by atoms with Gasteiger partial charge in [0.25, 0.3) is 5.91 Å². The molecule has 0 bridgehead atoms. The molecule has 1 aromatic carbocycles. The summed E-state index contributed by atoms with van der Waals surface area (Å²) in [5.74, 6) is -0.909. The first-order valence-corrected chi connectivity index (χ1v) is 9.60. The monoisotopic (exact) mass is 364 g/mol. The van der Waals surface area contributed by atoms with Crippen LogP contribution in [0.2, 0.25) is 0 Å². The molecule has 136 valence electrons. The van der Waals surface area contributed by atoms with Gasteiger partial charge in [-0.05, 0) is 30.5 Å². The Morgan fingerprint density at radius 2 is 2.00 bits per heavy atom. The highest BCUT2D eigenvalue weighted by Crippen LogP contribution is 2.43. The van der Waals surface area contributed by atoms with Crippen LogP contribution in [0.15, 0.2) is 29.2 Å². The van der Waals surface area contributed by atoms with Gasteiger partial charge in [0.15, 0.2) is 0 Å². The normalized spacial score (nSPS) is 26.0. The van der Waals surface area contributed by atoms with E-state index in [-0.39, 0.29) is 18.4 Å². The number of carbonyl (C=O) groups is 2. The Morgan fingerprint density at radius 3 is 2.56 bits per heavy atom. The first-order chi connectivity index (χ1) is 12.0. The summed E-state index contributed by atoms with van der Waals surface area (Å²) < 4.78 is 5.10. The zero-order chi connectivity index (χ0) is 18.0. The predicted molar refractivity (Wildman–Crippen MR) is 96.0 cm³/mol. The van der Waals surface area contributed by atoms with Gasteiger partial charge < -0.3 is 14.7 Å². The molecule has 2 fully saturated rings. The summed E-state index contributed by atoms with van der Waals surface area (Å²) in [5.41, 5.74) is -0.239. The van der Waals surface area contributed by atoms with Crippen molar-refractivity contribution in [1.29, 1.82) is 0 Å².